The van der Waals surface area contributed by atoms with Crippen molar-refractivity contribution in [2.75, 3.05) is 6.61 Å². The van der Waals surface area contributed by atoms with Crippen LogP contribution in [-0.2, 0) is 9.53 Å². The molecule has 0 aliphatic carbocycles. The highest BCUT2D eigenvalue weighted by Crippen LogP contribution is 2.16. The van der Waals surface area contributed by atoms with E-state index in [1.54, 1.807) is 12.1 Å². The summed E-state index contributed by atoms with van der Waals surface area (Å²) in [6, 6.07) is 6.01. The maximum absolute atomic E-state index is 12.8. The van der Waals surface area contributed by atoms with Crippen LogP contribution in [0, 0.1) is 5.82 Å². The smallest absolute Gasteiger partial charge is 0.249 e. The average molecular weight is 237 g/mol. The number of amides is 1. The lowest BCUT2D eigenvalue weighted by Crippen LogP contribution is -2.35. The van der Waals surface area contributed by atoms with Crippen LogP contribution in [0.4, 0.5) is 4.39 Å². The number of ether oxygens (including phenoxy) is 1. The molecule has 2 unspecified atom stereocenters. The summed E-state index contributed by atoms with van der Waals surface area (Å²) in [4.78, 5) is 11.8. The fourth-order valence-corrected chi connectivity index (χ4v) is 1.93. The zero-order chi connectivity index (χ0) is 12.3. The molecule has 4 heteroatoms. The van der Waals surface area contributed by atoms with E-state index >= 15 is 0 Å². The van der Waals surface area contributed by atoms with Crippen LogP contribution < -0.4 is 5.32 Å². The molecule has 1 aromatic carbocycles. The summed E-state index contributed by atoms with van der Waals surface area (Å²) < 4.78 is 18.0. The van der Waals surface area contributed by atoms with E-state index in [-0.39, 0.29) is 23.9 Å². The van der Waals surface area contributed by atoms with Crippen molar-refractivity contribution < 1.29 is 13.9 Å². The Hall–Kier alpha value is -1.42. The molecule has 1 aliphatic heterocycles. The second-order valence-corrected chi connectivity index (χ2v) is 4.28. The number of carbonyl (C=O) groups excluding carboxylic acids is 1. The highest BCUT2D eigenvalue weighted by molar-refractivity contribution is 5.81. The maximum Gasteiger partial charge on any atom is 0.249 e. The summed E-state index contributed by atoms with van der Waals surface area (Å²) >= 11 is 0. The third-order valence-electron chi connectivity index (χ3n) is 2.95. The minimum Gasteiger partial charge on any atom is -0.368 e. The van der Waals surface area contributed by atoms with Crippen molar-refractivity contribution in [2.24, 2.45) is 0 Å². The molecule has 0 aromatic heterocycles. The van der Waals surface area contributed by atoms with E-state index in [1.807, 2.05) is 6.92 Å². The zero-order valence-electron chi connectivity index (χ0n) is 9.78. The lowest BCUT2D eigenvalue weighted by atomic mass is 10.1. The Kier molecular flexibility index (Phi) is 3.74. The van der Waals surface area contributed by atoms with Gasteiger partial charge in [0.05, 0.1) is 6.04 Å². The highest BCUT2D eigenvalue weighted by atomic mass is 19.1. The molecule has 1 amide bonds. The molecule has 1 N–H and O–H groups in total. The predicted octanol–water partition coefficient (Wildman–Crippen LogP) is 2.18. The molecule has 2 atom stereocenters. The van der Waals surface area contributed by atoms with Gasteiger partial charge in [-0.1, -0.05) is 12.1 Å². The van der Waals surface area contributed by atoms with Gasteiger partial charge >= 0.3 is 0 Å². The number of carbonyl (C=O) groups is 1. The third kappa shape index (κ3) is 3.03. The van der Waals surface area contributed by atoms with E-state index in [9.17, 15) is 9.18 Å². The second kappa shape index (κ2) is 5.27. The quantitative estimate of drug-likeness (QED) is 0.875. The van der Waals surface area contributed by atoms with Crippen LogP contribution in [0.3, 0.4) is 0 Å². The van der Waals surface area contributed by atoms with Crippen molar-refractivity contribution in [3.8, 4) is 0 Å². The molecule has 1 saturated heterocycles. The molecule has 2 rings (SSSR count). The van der Waals surface area contributed by atoms with Crippen LogP contribution in [-0.4, -0.2) is 18.6 Å². The topological polar surface area (TPSA) is 38.3 Å². The summed E-state index contributed by atoms with van der Waals surface area (Å²) in [5.41, 5.74) is 0.887. The summed E-state index contributed by atoms with van der Waals surface area (Å²) in [7, 11) is 0. The van der Waals surface area contributed by atoms with Crippen LogP contribution in [0.15, 0.2) is 24.3 Å². The number of hydrogen-bond donors (Lipinski definition) is 1. The summed E-state index contributed by atoms with van der Waals surface area (Å²) in [5, 5.41) is 2.87. The largest absolute Gasteiger partial charge is 0.368 e. The molecule has 0 spiro atoms. The molecule has 0 saturated carbocycles. The van der Waals surface area contributed by atoms with Crippen LogP contribution >= 0.6 is 0 Å². The van der Waals surface area contributed by atoms with Gasteiger partial charge in [-0.15, -0.1) is 0 Å². The molecular formula is C13H16FNO2. The summed E-state index contributed by atoms with van der Waals surface area (Å²) in [6.45, 7) is 2.53. The fourth-order valence-electron chi connectivity index (χ4n) is 1.93. The first-order chi connectivity index (χ1) is 8.16. The monoisotopic (exact) mass is 237 g/mol. The van der Waals surface area contributed by atoms with Crippen LogP contribution in [0.5, 0.6) is 0 Å². The minimum atomic E-state index is -0.321. The fraction of sp³-hybridized carbons (Fsp3) is 0.462. The first-order valence-corrected chi connectivity index (χ1v) is 5.84. The molecule has 3 nitrogen and oxygen atoms in total. The SMILES string of the molecule is CC(NC(=O)C1CCCO1)c1ccc(F)cc1. The molecule has 1 fully saturated rings. The normalized spacial score (nSPS) is 21.2. The van der Waals surface area contributed by atoms with Gasteiger partial charge < -0.3 is 10.1 Å². The molecule has 1 heterocycles. The summed E-state index contributed by atoms with van der Waals surface area (Å²) in [6.07, 6.45) is 1.39. The molecule has 0 radical (unpaired) electrons. The van der Waals surface area contributed by atoms with Gasteiger partial charge in [0.1, 0.15) is 11.9 Å². The van der Waals surface area contributed by atoms with E-state index < -0.39 is 0 Å². The van der Waals surface area contributed by atoms with Gasteiger partial charge in [0, 0.05) is 6.61 Å². The molecule has 1 aliphatic rings. The Labute approximate surface area is 100.0 Å². The maximum atomic E-state index is 12.8. The number of nitrogens with one attached hydrogen (secondary N) is 1. The number of benzene rings is 1. The third-order valence-corrected chi connectivity index (χ3v) is 2.95. The molecule has 1 aromatic rings. The van der Waals surface area contributed by atoms with Crippen molar-refractivity contribution in [3.63, 3.8) is 0 Å². The predicted molar refractivity (Wildman–Crippen MR) is 61.9 cm³/mol. The molecule has 17 heavy (non-hydrogen) atoms. The number of hydrogen-bond acceptors (Lipinski definition) is 2. The van der Waals surface area contributed by atoms with E-state index in [0.29, 0.717) is 6.61 Å². The van der Waals surface area contributed by atoms with Gasteiger partial charge in [-0.2, -0.15) is 0 Å². The van der Waals surface area contributed by atoms with E-state index in [4.69, 9.17) is 4.74 Å². The van der Waals surface area contributed by atoms with Crippen LogP contribution in [0.25, 0.3) is 0 Å². The van der Waals surface area contributed by atoms with Crippen molar-refractivity contribution in [2.45, 2.75) is 31.9 Å². The summed E-state index contributed by atoms with van der Waals surface area (Å²) in [5.74, 6) is -0.356. The van der Waals surface area contributed by atoms with Gasteiger partial charge in [0.2, 0.25) is 5.91 Å². The van der Waals surface area contributed by atoms with Crippen molar-refractivity contribution in [1.82, 2.24) is 5.32 Å². The second-order valence-electron chi connectivity index (χ2n) is 4.28. The Morgan fingerprint density at radius 3 is 2.76 bits per heavy atom. The van der Waals surface area contributed by atoms with Gasteiger partial charge in [-0.05, 0) is 37.5 Å². The Morgan fingerprint density at radius 1 is 1.47 bits per heavy atom. The Balaban J connectivity index is 1.93. The van der Waals surface area contributed by atoms with E-state index in [2.05, 4.69) is 5.32 Å². The van der Waals surface area contributed by atoms with Crippen molar-refractivity contribution in [3.05, 3.63) is 35.6 Å². The van der Waals surface area contributed by atoms with Gasteiger partial charge in [-0.25, -0.2) is 4.39 Å². The first kappa shape index (κ1) is 12.0. The Bertz CT molecular complexity index is 385. The van der Waals surface area contributed by atoms with Crippen LogP contribution in [0.2, 0.25) is 0 Å². The zero-order valence-corrected chi connectivity index (χ0v) is 9.78. The standard InChI is InChI=1S/C13H16FNO2/c1-9(10-4-6-11(14)7-5-10)15-13(16)12-3-2-8-17-12/h4-7,9,12H,2-3,8H2,1H3,(H,15,16). The van der Waals surface area contributed by atoms with Crippen molar-refractivity contribution >= 4 is 5.91 Å². The minimum absolute atomic E-state index is 0.0840. The van der Waals surface area contributed by atoms with Crippen LogP contribution in [0.1, 0.15) is 31.4 Å². The highest BCUT2D eigenvalue weighted by Gasteiger charge is 2.24. The lowest BCUT2D eigenvalue weighted by molar-refractivity contribution is -0.130. The number of halogens is 1. The van der Waals surface area contributed by atoms with E-state index in [0.717, 1.165) is 18.4 Å². The van der Waals surface area contributed by atoms with Crippen molar-refractivity contribution in [1.29, 1.82) is 0 Å². The van der Waals surface area contributed by atoms with Gasteiger partial charge in [0.25, 0.3) is 0 Å². The number of rotatable bonds is 3. The first-order valence-electron chi connectivity index (χ1n) is 5.84. The van der Waals surface area contributed by atoms with Gasteiger partial charge in [-0.3, -0.25) is 4.79 Å². The molecular weight excluding hydrogens is 221 g/mol. The van der Waals surface area contributed by atoms with E-state index in [1.165, 1.54) is 12.1 Å². The Morgan fingerprint density at radius 2 is 2.18 bits per heavy atom. The molecule has 0 bridgehead atoms. The average Bonchev–Trinajstić information content (AvgIpc) is 2.83. The molecule has 92 valence electrons. The van der Waals surface area contributed by atoms with Gasteiger partial charge in [0.15, 0.2) is 0 Å². The lowest BCUT2D eigenvalue weighted by Gasteiger charge is -2.17.